The molecule has 3 aromatic carbocycles. The molecule has 4 nitrogen and oxygen atoms in total. The Kier molecular flexibility index (Phi) is 6.35. The van der Waals surface area contributed by atoms with Crippen molar-refractivity contribution in [3.8, 4) is 0 Å². The monoisotopic (exact) mass is 491 g/mol. The molecule has 0 spiro atoms. The Labute approximate surface area is 198 Å². The molecule has 4 aromatic rings. The maximum Gasteiger partial charge on any atom is 0.245 e. The van der Waals surface area contributed by atoms with Gasteiger partial charge in [-0.2, -0.15) is 0 Å². The van der Waals surface area contributed by atoms with Crippen molar-refractivity contribution in [2.24, 2.45) is 0 Å². The van der Waals surface area contributed by atoms with Crippen LogP contribution in [-0.4, -0.2) is 16.1 Å². The molecule has 0 N–H and O–H groups in total. The molecule has 0 bridgehead atoms. The van der Waals surface area contributed by atoms with Gasteiger partial charge in [-0.25, -0.2) is 9.13 Å². The second-order valence-corrected chi connectivity index (χ2v) is 8.59. The molecule has 1 aromatic heterocycles. The summed E-state index contributed by atoms with van der Waals surface area (Å²) in [6.45, 7) is 0.179. The summed E-state index contributed by atoms with van der Waals surface area (Å²) in [6.07, 6.45) is 1.76. The molecule has 31 heavy (non-hydrogen) atoms. The van der Waals surface area contributed by atoms with Crippen LogP contribution in [0.15, 0.2) is 67.0 Å². The summed E-state index contributed by atoms with van der Waals surface area (Å²) in [6, 6.07) is 17.2. The summed E-state index contributed by atoms with van der Waals surface area (Å²) >= 11 is 24.0. The standard InChI is InChI=1S/C23H15Cl4N2O2/c24-16-7-5-14(9-18(16)26)22(30)11-28-13-29(21-4-2-1-3-20(21)28)12-23(31)15-6-8-17(25)19(27)10-15/h1-10,13H,11-12H2/q+1. The number of halogens is 4. The van der Waals surface area contributed by atoms with Crippen LogP contribution in [0.4, 0.5) is 0 Å². The summed E-state index contributed by atoms with van der Waals surface area (Å²) in [5, 5.41) is 1.44. The Bertz CT molecular complexity index is 1230. The van der Waals surface area contributed by atoms with Crippen LogP contribution in [0, 0.1) is 0 Å². The highest BCUT2D eigenvalue weighted by Gasteiger charge is 2.21. The quantitative estimate of drug-likeness (QED) is 0.234. The number of hydrogen-bond donors (Lipinski definition) is 0. The van der Waals surface area contributed by atoms with Crippen LogP contribution in [0.3, 0.4) is 0 Å². The zero-order valence-corrected chi connectivity index (χ0v) is 19.0. The summed E-state index contributed by atoms with van der Waals surface area (Å²) in [4.78, 5) is 25.6. The van der Waals surface area contributed by atoms with Gasteiger partial charge in [0.15, 0.2) is 24.1 Å². The first-order valence-electron chi connectivity index (χ1n) is 9.27. The lowest BCUT2D eigenvalue weighted by molar-refractivity contribution is -0.657. The number of hydrogen-bond acceptors (Lipinski definition) is 2. The van der Waals surface area contributed by atoms with Crippen LogP contribution in [-0.2, 0) is 13.1 Å². The Balaban J connectivity index is 1.64. The van der Waals surface area contributed by atoms with E-state index in [-0.39, 0.29) is 24.7 Å². The molecule has 0 aliphatic heterocycles. The van der Waals surface area contributed by atoms with Gasteiger partial charge in [-0.05, 0) is 48.5 Å². The van der Waals surface area contributed by atoms with E-state index in [9.17, 15) is 9.59 Å². The predicted molar refractivity (Wildman–Crippen MR) is 124 cm³/mol. The van der Waals surface area contributed by atoms with E-state index in [2.05, 4.69) is 0 Å². The number of carbonyl (C=O) groups excluding carboxylic acids is 2. The van der Waals surface area contributed by atoms with Crippen molar-refractivity contribution in [2.45, 2.75) is 13.1 Å². The molecular formula is C23H15Cl4N2O2+. The molecule has 0 saturated carbocycles. The third-order valence-electron chi connectivity index (χ3n) is 4.89. The van der Waals surface area contributed by atoms with Crippen molar-refractivity contribution < 1.29 is 14.2 Å². The number of ketones is 2. The van der Waals surface area contributed by atoms with E-state index in [0.717, 1.165) is 11.0 Å². The summed E-state index contributed by atoms with van der Waals surface area (Å²) in [5.74, 6) is -0.246. The zero-order valence-electron chi connectivity index (χ0n) is 16.0. The third-order valence-corrected chi connectivity index (χ3v) is 6.37. The lowest BCUT2D eigenvalue weighted by atomic mass is 10.1. The minimum absolute atomic E-state index is 0.0897. The van der Waals surface area contributed by atoms with Crippen molar-refractivity contribution in [3.05, 3.63) is 98.2 Å². The van der Waals surface area contributed by atoms with Gasteiger partial charge in [0.05, 0.1) is 20.1 Å². The third kappa shape index (κ3) is 4.63. The number of Topliss-reactive ketones (excluding diaryl/α,β-unsaturated/α-hetero) is 2. The average Bonchev–Trinajstić information content (AvgIpc) is 3.09. The Hall–Kier alpha value is -2.37. The highest BCUT2D eigenvalue weighted by Crippen LogP contribution is 2.24. The fourth-order valence-electron chi connectivity index (χ4n) is 3.33. The first-order chi connectivity index (χ1) is 14.8. The Morgan fingerprint density at radius 2 is 1.32 bits per heavy atom. The number of imidazole rings is 1. The first-order valence-corrected chi connectivity index (χ1v) is 10.8. The molecule has 1 heterocycles. The number of benzene rings is 3. The number of para-hydroxylation sites is 2. The molecule has 0 unspecified atom stereocenters. The molecule has 0 radical (unpaired) electrons. The molecule has 0 atom stereocenters. The van der Waals surface area contributed by atoms with Crippen molar-refractivity contribution in [1.29, 1.82) is 0 Å². The molecule has 0 amide bonds. The average molecular weight is 493 g/mol. The van der Waals surface area contributed by atoms with Crippen LogP contribution in [0.25, 0.3) is 11.0 Å². The van der Waals surface area contributed by atoms with Crippen LogP contribution in [0.5, 0.6) is 0 Å². The Morgan fingerprint density at radius 1 is 0.742 bits per heavy atom. The van der Waals surface area contributed by atoms with Gasteiger partial charge in [0, 0.05) is 11.1 Å². The molecule has 0 aliphatic carbocycles. The highest BCUT2D eigenvalue weighted by molar-refractivity contribution is 6.42. The second kappa shape index (κ2) is 9.01. The van der Waals surface area contributed by atoms with Gasteiger partial charge in [0.25, 0.3) is 0 Å². The van der Waals surface area contributed by atoms with Gasteiger partial charge < -0.3 is 0 Å². The summed E-state index contributed by atoms with van der Waals surface area (Å²) in [5.41, 5.74) is 2.59. The largest absolute Gasteiger partial charge is 0.290 e. The smallest absolute Gasteiger partial charge is 0.245 e. The van der Waals surface area contributed by atoms with Crippen molar-refractivity contribution in [1.82, 2.24) is 4.57 Å². The minimum atomic E-state index is -0.123. The minimum Gasteiger partial charge on any atom is -0.290 e. The second-order valence-electron chi connectivity index (χ2n) is 6.96. The van der Waals surface area contributed by atoms with E-state index in [1.807, 2.05) is 33.4 Å². The van der Waals surface area contributed by atoms with Gasteiger partial charge in [0.1, 0.15) is 0 Å². The van der Waals surface area contributed by atoms with Crippen molar-refractivity contribution in [3.63, 3.8) is 0 Å². The van der Waals surface area contributed by atoms with Crippen LogP contribution >= 0.6 is 46.4 Å². The molecule has 0 fully saturated rings. The van der Waals surface area contributed by atoms with E-state index < -0.39 is 0 Å². The van der Waals surface area contributed by atoms with E-state index in [1.165, 1.54) is 0 Å². The maximum absolute atomic E-state index is 12.8. The van der Waals surface area contributed by atoms with E-state index in [0.29, 0.717) is 31.2 Å². The van der Waals surface area contributed by atoms with Gasteiger partial charge in [-0.1, -0.05) is 58.5 Å². The highest BCUT2D eigenvalue weighted by atomic mass is 35.5. The fourth-order valence-corrected chi connectivity index (χ4v) is 3.92. The summed E-state index contributed by atoms with van der Waals surface area (Å²) < 4.78 is 3.62. The number of aromatic nitrogens is 2. The Morgan fingerprint density at radius 3 is 1.94 bits per heavy atom. The van der Waals surface area contributed by atoms with Crippen LogP contribution in [0.2, 0.25) is 20.1 Å². The SMILES string of the molecule is O=C(Cn1c[n+](CC(=O)c2ccc(Cl)c(Cl)c2)c2ccccc21)c1ccc(Cl)c(Cl)c1. The molecule has 0 aliphatic rings. The molecule has 4 rings (SSSR count). The normalized spacial score (nSPS) is 11.1. The zero-order chi connectivity index (χ0) is 22.1. The van der Waals surface area contributed by atoms with Gasteiger partial charge in [-0.3, -0.25) is 9.59 Å². The van der Waals surface area contributed by atoms with Crippen LogP contribution in [0.1, 0.15) is 20.7 Å². The van der Waals surface area contributed by atoms with E-state index in [1.54, 1.807) is 42.7 Å². The predicted octanol–water partition coefficient (Wildman–Crippen LogP) is 6.31. The van der Waals surface area contributed by atoms with Gasteiger partial charge in [0.2, 0.25) is 17.9 Å². The molecule has 0 saturated heterocycles. The molecule has 156 valence electrons. The van der Waals surface area contributed by atoms with Crippen molar-refractivity contribution in [2.75, 3.05) is 0 Å². The lowest BCUT2D eigenvalue weighted by Crippen LogP contribution is -2.37. The van der Waals surface area contributed by atoms with Crippen LogP contribution < -0.4 is 4.57 Å². The van der Waals surface area contributed by atoms with E-state index >= 15 is 0 Å². The summed E-state index contributed by atoms with van der Waals surface area (Å²) in [7, 11) is 0. The van der Waals surface area contributed by atoms with Crippen molar-refractivity contribution >= 4 is 69.0 Å². The fraction of sp³-hybridized carbons (Fsp3) is 0.0870. The molecule has 8 heteroatoms. The number of nitrogens with zero attached hydrogens (tertiary/aromatic N) is 2. The topological polar surface area (TPSA) is 43.0 Å². The maximum atomic E-state index is 12.8. The number of fused-ring (bicyclic) bond motifs is 1. The molecular weight excluding hydrogens is 478 g/mol. The van der Waals surface area contributed by atoms with Gasteiger partial charge in [-0.15, -0.1) is 0 Å². The van der Waals surface area contributed by atoms with Gasteiger partial charge >= 0.3 is 0 Å². The van der Waals surface area contributed by atoms with E-state index in [4.69, 9.17) is 46.4 Å². The number of carbonyl (C=O) groups is 2. The first kappa shape index (κ1) is 21.8. The lowest BCUT2D eigenvalue weighted by Gasteiger charge is -2.02. The number of rotatable bonds is 6.